The highest BCUT2D eigenvalue weighted by atomic mass is 32.2. The first-order valence-electron chi connectivity index (χ1n) is 9.67. The molecule has 3 rings (SSSR count). The lowest BCUT2D eigenvalue weighted by Gasteiger charge is -2.22. The third kappa shape index (κ3) is 5.57. The van der Waals surface area contributed by atoms with Crippen molar-refractivity contribution >= 4 is 27.5 Å². The Morgan fingerprint density at radius 2 is 1.59 bits per heavy atom. The van der Waals surface area contributed by atoms with E-state index in [0.29, 0.717) is 5.69 Å². The maximum Gasteiger partial charge on any atom is 0.248 e. The maximum absolute atomic E-state index is 14.2. The van der Waals surface area contributed by atoms with Crippen LogP contribution in [0.1, 0.15) is 21.5 Å². The monoisotopic (exact) mass is 455 g/mol. The van der Waals surface area contributed by atoms with E-state index in [9.17, 15) is 22.4 Å². The summed E-state index contributed by atoms with van der Waals surface area (Å²) in [7, 11) is -4.09. The molecule has 0 radical (unpaired) electrons. The average Bonchev–Trinajstić information content (AvgIpc) is 2.75. The van der Waals surface area contributed by atoms with Gasteiger partial charge in [-0.25, -0.2) is 12.8 Å². The highest BCUT2D eigenvalue weighted by Gasteiger charge is 2.27. The minimum atomic E-state index is -4.09. The number of benzene rings is 3. The molecular formula is C23H22FN3O4S. The number of nitrogens with one attached hydrogen (secondary N) is 1. The first-order valence-corrected chi connectivity index (χ1v) is 11.1. The highest BCUT2D eigenvalue weighted by molar-refractivity contribution is 7.89. The van der Waals surface area contributed by atoms with Crippen LogP contribution in [0.25, 0.3) is 0 Å². The molecule has 32 heavy (non-hydrogen) atoms. The molecule has 2 amide bonds. The van der Waals surface area contributed by atoms with Crippen LogP contribution in [0.2, 0.25) is 0 Å². The molecule has 3 aromatic carbocycles. The summed E-state index contributed by atoms with van der Waals surface area (Å²) in [6.07, 6.45) is 0. The maximum atomic E-state index is 14.2. The molecule has 0 fully saturated rings. The number of sulfonamides is 1. The van der Waals surface area contributed by atoms with Crippen molar-refractivity contribution in [3.63, 3.8) is 0 Å². The molecule has 0 aliphatic carbocycles. The molecule has 7 nitrogen and oxygen atoms in total. The lowest BCUT2D eigenvalue weighted by atomic mass is 10.2. The molecule has 166 valence electrons. The Bertz CT molecular complexity index is 1230. The second-order valence-corrected chi connectivity index (χ2v) is 9.11. The van der Waals surface area contributed by atoms with Crippen LogP contribution >= 0.6 is 0 Å². The molecule has 0 spiro atoms. The van der Waals surface area contributed by atoms with Crippen molar-refractivity contribution in [2.45, 2.75) is 18.4 Å². The fraction of sp³-hybridized carbons (Fsp3) is 0.130. The summed E-state index contributed by atoms with van der Waals surface area (Å²) in [6.45, 7) is 0.962. The van der Waals surface area contributed by atoms with Gasteiger partial charge in [0.1, 0.15) is 5.82 Å². The first kappa shape index (κ1) is 23.1. The van der Waals surface area contributed by atoms with Gasteiger partial charge in [-0.05, 0) is 49.4 Å². The zero-order valence-corrected chi connectivity index (χ0v) is 18.1. The second-order valence-electron chi connectivity index (χ2n) is 7.17. The van der Waals surface area contributed by atoms with Crippen LogP contribution in [0.5, 0.6) is 0 Å². The molecule has 0 saturated carbocycles. The molecular weight excluding hydrogens is 433 g/mol. The van der Waals surface area contributed by atoms with Crippen LogP contribution in [0, 0.1) is 12.7 Å². The Kier molecular flexibility index (Phi) is 7.01. The normalized spacial score (nSPS) is 11.3. The number of anilines is 1. The number of nitrogens with zero attached hydrogens (tertiary/aromatic N) is 1. The van der Waals surface area contributed by atoms with E-state index in [0.717, 1.165) is 9.87 Å². The molecule has 0 aliphatic rings. The van der Waals surface area contributed by atoms with Crippen molar-refractivity contribution in [2.75, 3.05) is 11.9 Å². The lowest BCUT2D eigenvalue weighted by molar-refractivity contribution is -0.116. The molecule has 0 atom stereocenters. The summed E-state index contributed by atoms with van der Waals surface area (Å²) >= 11 is 0. The number of carbonyl (C=O) groups excluding carboxylic acids is 2. The van der Waals surface area contributed by atoms with E-state index in [2.05, 4.69) is 5.32 Å². The van der Waals surface area contributed by atoms with Gasteiger partial charge in [-0.1, -0.05) is 35.9 Å². The average molecular weight is 456 g/mol. The van der Waals surface area contributed by atoms with Crippen molar-refractivity contribution in [1.29, 1.82) is 0 Å². The second kappa shape index (κ2) is 9.71. The fourth-order valence-corrected chi connectivity index (χ4v) is 4.35. The van der Waals surface area contributed by atoms with Gasteiger partial charge in [0.05, 0.1) is 11.4 Å². The number of carbonyl (C=O) groups is 2. The van der Waals surface area contributed by atoms with Crippen molar-refractivity contribution in [3.8, 4) is 0 Å². The van der Waals surface area contributed by atoms with E-state index >= 15 is 0 Å². The summed E-state index contributed by atoms with van der Waals surface area (Å²) in [5.41, 5.74) is 6.85. The molecule has 9 heteroatoms. The van der Waals surface area contributed by atoms with Gasteiger partial charge in [-0.15, -0.1) is 0 Å². The largest absolute Gasteiger partial charge is 0.366 e. The minimum Gasteiger partial charge on any atom is -0.366 e. The Balaban J connectivity index is 1.86. The summed E-state index contributed by atoms with van der Waals surface area (Å²) in [5.74, 6) is -1.80. The highest BCUT2D eigenvalue weighted by Crippen LogP contribution is 2.20. The quantitative estimate of drug-likeness (QED) is 0.544. The number of primary amides is 1. The van der Waals surface area contributed by atoms with Crippen LogP contribution in [0.15, 0.2) is 77.7 Å². The Morgan fingerprint density at radius 3 is 2.19 bits per heavy atom. The van der Waals surface area contributed by atoms with Gasteiger partial charge in [-0.3, -0.25) is 9.59 Å². The van der Waals surface area contributed by atoms with Gasteiger partial charge in [0.25, 0.3) is 0 Å². The van der Waals surface area contributed by atoms with Crippen LogP contribution in [0.4, 0.5) is 10.1 Å². The van der Waals surface area contributed by atoms with Crippen molar-refractivity contribution in [2.24, 2.45) is 5.73 Å². The molecule has 0 heterocycles. The number of halogens is 1. The van der Waals surface area contributed by atoms with Crippen molar-refractivity contribution < 1.29 is 22.4 Å². The van der Waals surface area contributed by atoms with Crippen LogP contribution in [0.3, 0.4) is 0 Å². The van der Waals surface area contributed by atoms with Crippen LogP contribution < -0.4 is 11.1 Å². The van der Waals surface area contributed by atoms with Gasteiger partial charge in [0.2, 0.25) is 21.8 Å². The summed E-state index contributed by atoms with van der Waals surface area (Å²) < 4.78 is 41.6. The van der Waals surface area contributed by atoms with Gasteiger partial charge in [0.15, 0.2) is 0 Å². The molecule has 0 saturated heterocycles. The molecule has 0 unspecified atom stereocenters. The Morgan fingerprint density at radius 1 is 0.969 bits per heavy atom. The summed E-state index contributed by atoms with van der Waals surface area (Å²) in [5, 5.41) is 2.58. The topological polar surface area (TPSA) is 110 Å². The SMILES string of the molecule is Cc1ccc(S(=O)(=O)N(CC(=O)Nc2ccc(C(N)=O)cc2)Cc2ccccc2F)cc1. The molecule has 3 aromatic rings. The third-order valence-electron chi connectivity index (χ3n) is 4.74. The van der Waals surface area contributed by atoms with E-state index < -0.39 is 34.2 Å². The summed E-state index contributed by atoms with van der Waals surface area (Å²) in [6, 6.07) is 17.8. The zero-order chi connectivity index (χ0) is 23.3. The lowest BCUT2D eigenvalue weighted by Crippen LogP contribution is -2.37. The first-order chi connectivity index (χ1) is 15.2. The minimum absolute atomic E-state index is 0.00181. The number of aryl methyl sites for hydroxylation is 1. The molecule has 3 N–H and O–H groups in total. The van der Waals surface area contributed by atoms with Gasteiger partial charge in [0, 0.05) is 23.4 Å². The van der Waals surface area contributed by atoms with E-state index in [1.54, 1.807) is 18.2 Å². The standard InChI is InChI=1S/C23H22FN3O4S/c1-16-6-12-20(13-7-16)32(30,31)27(14-18-4-2-3-5-21(18)24)15-22(28)26-19-10-8-17(9-11-19)23(25)29/h2-13H,14-15H2,1H3,(H2,25,29)(H,26,28). The molecule has 0 aromatic heterocycles. The van der Waals surface area contributed by atoms with Crippen LogP contribution in [-0.2, 0) is 21.4 Å². The Hall–Kier alpha value is -3.56. The predicted molar refractivity (Wildman–Crippen MR) is 119 cm³/mol. The van der Waals surface area contributed by atoms with E-state index in [-0.39, 0.29) is 22.6 Å². The number of hydrogen-bond acceptors (Lipinski definition) is 4. The zero-order valence-electron chi connectivity index (χ0n) is 17.3. The van der Waals surface area contributed by atoms with Gasteiger partial charge >= 0.3 is 0 Å². The molecule has 0 aliphatic heterocycles. The van der Waals surface area contributed by atoms with E-state index in [4.69, 9.17) is 5.73 Å². The number of amides is 2. The number of rotatable bonds is 8. The summed E-state index contributed by atoms with van der Waals surface area (Å²) in [4.78, 5) is 23.8. The van der Waals surface area contributed by atoms with E-state index in [1.165, 1.54) is 54.6 Å². The van der Waals surface area contributed by atoms with Crippen LogP contribution in [-0.4, -0.2) is 31.1 Å². The van der Waals surface area contributed by atoms with Crippen molar-refractivity contribution in [3.05, 3.63) is 95.3 Å². The molecule has 0 bridgehead atoms. The Labute approximate surface area is 185 Å². The third-order valence-corrected chi connectivity index (χ3v) is 6.54. The van der Waals surface area contributed by atoms with Gasteiger partial charge in [-0.2, -0.15) is 4.31 Å². The predicted octanol–water partition coefficient (Wildman–Crippen LogP) is 3.06. The number of nitrogens with two attached hydrogens (primary N) is 1. The number of hydrogen-bond donors (Lipinski definition) is 2. The van der Waals surface area contributed by atoms with Gasteiger partial charge < -0.3 is 11.1 Å². The fourth-order valence-electron chi connectivity index (χ4n) is 2.98. The van der Waals surface area contributed by atoms with E-state index in [1.807, 2.05) is 6.92 Å². The van der Waals surface area contributed by atoms with Crippen molar-refractivity contribution in [1.82, 2.24) is 4.31 Å². The smallest absolute Gasteiger partial charge is 0.248 e.